The van der Waals surface area contributed by atoms with Crippen molar-refractivity contribution in [2.24, 2.45) is 16.7 Å². The van der Waals surface area contributed by atoms with Crippen LogP contribution in [0.5, 0.6) is 0 Å². The maximum atomic E-state index is 13.7. The number of rotatable bonds is 3. The summed E-state index contributed by atoms with van der Waals surface area (Å²) in [6.07, 6.45) is 13.2. The molecule has 6 nitrogen and oxygen atoms in total. The van der Waals surface area contributed by atoms with E-state index < -0.39 is 0 Å². The smallest absolute Gasteiger partial charge is 0.311 e. The van der Waals surface area contributed by atoms with Crippen LogP contribution in [0.3, 0.4) is 0 Å². The van der Waals surface area contributed by atoms with Crippen molar-refractivity contribution in [2.75, 3.05) is 38.6 Å². The lowest BCUT2D eigenvalue weighted by atomic mass is 9.39. The molecule has 0 amide bonds. The highest BCUT2D eigenvalue weighted by molar-refractivity contribution is 5.87. The molecule has 6 aliphatic heterocycles. The van der Waals surface area contributed by atoms with Gasteiger partial charge in [-0.15, -0.1) is 0 Å². The molecule has 1 aromatic heterocycles. The number of aromatic nitrogens is 1. The molecule has 240 valence electrons. The number of benzene rings is 2. The molecular formula is C40H48N4O2. The lowest BCUT2D eigenvalue weighted by Crippen LogP contribution is -2.76. The van der Waals surface area contributed by atoms with Gasteiger partial charge in [0, 0.05) is 40.3 Å². The number of hydrogen-bond donors (Lipinski definition) is 1. The number of para-hydroxylation sites is 1. The fourth-order valence-electron chi connectivity index (χ4n) is 14.3. The van der Waals surface area contributed by atoms with Crippen LogP contribution in [0.15, 0.2) is 42.5 Å². The number of carbonyl (C=O) groups excluding carboxylic acids is 1. The molecule has 6 heteroatoms. The molecule has 3 spiro atoms. The Bertz CT molecular complexity index is 1830. The molecule has 1 N–H and O–H groups in total. The summed E-state index contributed by atoms with van der Waals surface area (Å²) in [7, 11) is 1.61. The highest BCUT2D eigenvalue weighted by atomic mass is 16.5. The van der Waals surface area contributed by atoms with Crippen LogP contribution in [0, 0.1) is 16.7 Å². The van der Waals surface area contributed by atoms with Crippen molar-refractivity contribution in [2.45, 2.75) is 107 Å². The first-order valence-corrected chi connectivity index (χ1v) is 18.6. The molecule has 2 aromatic carbocycles. The van der Waals surface area contributed by atoms with E-state index in [4.69, 9.17) is 4.74 Å². The summed E-state index contributed by atoms with van der Waals surface area (Å²) in [6.45, 7) is 7.29. The summed E-state index contributed by atoms with van der Waals surface area (Å²) in [5.41, 5.74) is 9.27. The van der Waals surface area contributed by atoms with Gasteiger partial charge in [0.25, 0.3) is 0 Å². The summed E-state index contributed by atoms with van der Waals surface area (Å²) < 4.78 is 8.44. The number of ether oxygens (including phenoxy) is 1. The number of hydrogen-bond acceptors (Lipinski definition) is 5. The first-order chi connectivity index (χ1) is 22.5. The van der Waals surface area contributed by atoms with Gasteiger partial charge in [-0.25, -0.2) is 0 Å². The number of fused-ring (bicyclic) bond motifs is 6. The highest BCUT2D eigenvalue weighted by Gasteiger charge is 2.79. The first-order valence-electron chi connectivity index (χ1n) is 18.6. The number of nitrogens with one attached hydrogen (secondary N) is 1. The normalized spacial score (nSPS) is 41.4. The molecule has 0 radical (unpaired) electrons. The van der Waals surface area contributed by atoms with Gasteiger partial charge in [-0.3, -0.25) is 14.6 Å². The summed E-state index contributed by atoms with van der Waals surface area (Å²) in [5, 5.41) is 5.66. The molecule has 9 aliphatic rings. The zero-order chi connectivity index (χ0) is 30.6. The fourth-order valence-corrected chi connectivity index (χ4v) is 14.3. The van der Waals surface area contributed by atoms with Crippen LogP contribution in [0.25, 0.3) is 10.9 Å². The highest BCUT2D eigenvalue weighted by Crippen LogP contribution is 2.74. The Morgan fingerprint density at radius 3 is 2.72 bits per heavy atom. The van der Waals surface area contributed by atoms with Gasteiger partial charge in [-0.1, -0.05) is 37.3 Å². The lowest BCUT2D eigenvalue weighted by Gasteiger charge is -2.69. The van der Waals surface area contributed by atoms with Crippen molar-refractivity contribution < 1.29 is 9.53 Å². The predicted molar refractivity (Wildman–Crippen MR) is 180 cm³/mol. The van der Waals surface area contributed by atoms with E-state index in [2.05, 4.69) is 69.1 Å². The van der Waals surface area contributed by atoms with Crippen LogP contribution in [0.2, 0.25) is 0 Å². The van der Waals surface area contributed by atoms with Crippen LogP contribution >= 0.6 is 0 Å². The summed E-state index contributed by atoms with van der Waals surface area (Å²) >= 11 is 0. The Balaban J connectivity index is 1.13. The summed E-state index contributed by atoms with van der Waals surface area (Å²) in [6, 6.07) is 18.3. The lowest BCUT2D eigenvalue weighted by molar-refractivity contribution is -0.171. The molecule has 46 heavy (non-hydrogen) atoms. The number of esters is 1. The van der Waals surface area contributed by atoms with E-state index in [0.29, 0.717) is 23.5 Å². The number of piperidine rings is 2. The molecular weight excluding hydrogens is 568 g/mol. The zero-order valence-electron chi connectivity index (χ0n) is 27.6. The molecule has 12 rings (SSSR count). The zero-order valence-corrected chi connectivity index (χ0v) is 27.6. The third-order valence-corrected chi connectivity index (χ3v) is 15.7. The van der Waals surface area contributed by atoms with Gasteiger partial charge in [0.15, 0.2) is 0 Å². The standard InChI is InChI=1S/C40H48N4O2/c1-3-37-13-6-18-42-20-12-27-26-8-4-5-9-31(26)44(33(27)34(37)42)32(24-37)25-10-11-30-28(22-25)39-17-21-43-19-7-14-38(36(39)43)15-16-40(39,41-30)29(23-38)35(45)46-2/h4-5,8-11,22,29,32,34,36,41H,3,6-7,12-21,23-24H2,1-2H3/t29-,32-,34+,36+,37+,38-,39+,40+/m1/s1. The maximum absolute atomic E-state index is 13.7. The van der Waals surface area contributed by atoms with Gasteiger partial charge in [0.05, 0.1) is 30.7 Å². The minimum Gasteiger partial charge on any atom is -0.469 e. The van der Waals surface area contributed by atoms with Crippen LogP contribution in [-0.4, -0.2) is 65.2 Å². The molecule has 8 atom stereocenters. The van der Waals surface area contributed by atoms with Gasteiger partial charge < -0.3 is 14.6 Å². The number of carbonyl (C=O) groups is 1. The number of nitrogens with zero attached hydrogens (tertiary/aromatic N) is 3. The van der Waals surface area contributed by atoms with E-state index in [1.54, 1.807) is 18.4 Å². The van der Waals surface area contributed by atoms with E-state index in [9.17, 15) is 4.79 Å². The van der Waals surface area contributed by atoms with Gasteiger partial charge in [0.1, 0.15) is 0 Å². The van der Waals surface area contributed by atoms with E-state index in [-0.39, 0.29) is 28.3 Å². The Morgan fingerprint density at radius 1 is 0.957 bits per heavy atom. The van der Waals surface area contributed by atoms with Crippen molar-refractivity contribution in [3.05, 3.63) is 64.8 Å². The Kier molecular flexibility index (Phi) is 5.19. The second-order valence-corrected chi connectivity index (χ2v) is 16.8. The van der Waals surface area contributed by atoms with E-state index in [0.717, 1.165) is 25.8 Å². The molecule has 3 saturated carbocycles. The average Bonchev–Trinajstić information content (AvgIpc) is 3.76. The number of anilines is 1. The predicted octanol–water partition coefficient (Wildman–Crippen LogP) is 6.97. The quantitative estimate of drug-likeness (QED) is 0.322. The molecule has 2 bridgehead atoms. The van der Waals surface area contributed by atoms with Crippen molar-refractivity contribution >= 4 is 22.6 Å². The van der Waals surface area contributed by atoms with Gasteiger partial charge in [-0.2, -0.15) is 0 Å². The van der Waals surface area contributed by atoms with Crippen molar-refractivity contribution in [1.29, 1.82) is 0 Å². The van der Waals surface area contributed by atoms with Crippen molar-refractivity contribution in [3.8, 4) is 0 Å². The molecule has 3 aromatic rings. The summed E-state index contributed by atoms with van der Waals surface area (Å²) in [5.74, 6) is -0.0687. The minimum absolute atomic E-state index is 0.0111. The maximum Gasteiger partial charge on any atom is 0.311 e. The Hall–Kier alpha value is -2.83. The third kappa shape index (κ3) is 2.87. The third-order valence-electron chi connectivity index (χ3n) is 15.7. The molecule has 7 heterocycles. The largest absolute Gasteiger partial charge is 0.469 e. The second kappa shape index (κ2) is 8.79. The SMILES string of the molecule is CC[C@]12CCCN3CCc4c(n(c5ccccc45)[C@@H](c4ccc5c(c4)[C@]46CCN7CCC[C@]8(CC[C@]4(N5)[C@@H](C(=O)OC)C8)[C@H]76)C1)[C@H]32. The second-order valence-electron chi connectivity index (χ2n) is 16.8. The first kappa shape index (κ1) is 27.2. The molecule has 6 fully saturated rings. The minimum atomic E-state index is -0.245. The van der Waals surface area contributed by atoms with E-state index in [1.807, 2.05) is 0 Å². The van der Waals surface area contributed by atoms with Crippen LogP contribution in [-0.2, 0) is 21.4 Å². The molecule has 3 aliphatic carbocycles. The Morgan fingerprint density at radius 2 is 1.83 bits per heavy atom. The van der Waals surface area contributed by atoms with Crippen molar-refractivity contribution in [1.82, 2.24) is 14.4 Å². The average molecular weight is 617 g/mol. The number of methoxy groups -OCH3 is 1. The van der Waals surface area contributed by atoms with Crippen LogP contribution in [0.4, 0.5) is 5.69 Å². The van der Waals surface area contributed by atoms with Gasteiger partial charge in [-0.05, 0) is 130 Å². The molecule has 0 unspecified atom stereocenters. The van der Waals surface area contributed by atoms with Gasteiger partial charge >= 0.3 is 5.97 Å². The van der Waals surface area contributed by atoms with Crippen LogP contribution < -0.4 is 5.32 Å². The van der Waals surface area contributed by atoms with Crippen LogP contribution in [0.1, 0.15) is 106 Å². The van der Waals surface area contributed by atoms with Crippen molar-refractivity contribution in [3.63, 3.8) is 0 Å². The molecule has 3 saturated heterocycles. The topological polar surface area (TPSA) is 49.7 Å². The Labute approximate surface area is 272 Å². The monoisotopic (exact) mass is 616 g/mol. The van der Waals surface area contributed by atoms with E-state index >= 15 is 0 Å². The fraction of sp³-hybridized carbons (Fsp3) is 0.625. The summed E-state index contributed by atoms with van der Waals surface area (Å²) in [4.78, 5) is 19.4. The van der Waals surface area contributed by atoms with E-state index in [1.165, 1.54) is 98.7 Å². The van der Waals surface area contributed by atoms with Gasteiger partial charge in [0.2, 0.25) is 0 Å².